The van der Waals surface area contributed by atoms with Crippen LogP contribution in [0.25, 0.3) is 0 Å². The minimum Gasteiger partial charge on any atom is -0.302 e. The molecule has 1 atom stereocenters. The van der Waals surface area contributed by atoms with Crippen molar-refractivity contribution in [1.29, 1.82) is 0 Å². The fourth-order valence-electron chi connectivity index (χ4n) is 2.22. The molecule has 0 N–H and O–H groups in total. The first-order chi connectivity index (χ1) is 7.85. The monoisotopic (exact) mass is 222 g/mol. The summed E-state index contributed by atoms with van der Waals surface area (Å²) in [6, 6.07) is 0.0655. The third kappa shape index (κ3) is 2.29. The average molecular weight is 222 g/mol. The Balaban J connectivity index is 2.04. The molecule has 0 saturated carbocycles. The number of aromatic nitrogens is 3. The van der Waals surface area contributed by atoms with Crippen molar-refractivity contribution in [2.45, 2.75) is 45.3 Å². The SMILES string of the molecule is CCn1ncnc1CN1CCCCC1C=O. The number of rotatable bonds is 4. The molecule has 1 fully saturated rings. The number of carbonyl (C=O) groups is 1. The molecule has 2 heterocycles. The van der Waals surface area contributed by atoms with E-state index in [2.05, 4.69) is 15.0 Å². The van der Waals surface area contributed by atoms with E-state index in [1.807, 2.05) is 11.6 Å². The highest BCUT2D eigenvalue weighted by Crippen LogP contribution is 2.17. The summed E-state index contributed by atoms with van der Waals surface area (Å²) in [5.41, 5.74) is 0. The van der Waals surface area contributed by atoms with Crippen LogP contribution >= 0.6 is 0 Å². The van der Waals surface area contributed by atoms with E-state index in [1.165, 1.54) is 6.42 Å². The standard InChI is InChI=1S/C11H18N4O/c1-2-15-11(12-9-13-15)7-14-6-4-3-5-10(14)8-16/h8-10H,2-7H2,1H3. The minimum absolute atomic E-state index is 0.0655. The van der Waals surface area contributed by atoms with Crippen LogP contribution < -0.4 is 0 Å². The van der Waals surface area contributed by atoms with E-state index in [0.29, 0.717) is 0 Å². The van der Waals surface area contributed by atoms with Crippen molar-refractivity contribution < 1.29 is 4.79 Å². The van der Waals surface area contributed by atoms with Gasteiger partial charge in [0.15, 0.2) is 0 Å². The molecule has 0 amide bonds. The molecule has 5 heteroatoms. The van der Waals surface area contributed by atoms with Crippen LogP contribution in [0.5, 0.6) is 0 Å². The van der Waals surface area contributed by atoms with Crippen LogP contribution in [0.15, 0.2) is 6.33 Å². The summed E-state index contributed by atoms with van der Waals surface area (Å²) in [7, 11) is 0. The second-order valence-corrected chi connectivity index (χ2v) is 4.16. The number of aryl methyl sites for hydroxylation is 1. The van der Waals surface area contributed by atoms with Crippen LogP contribution in [-0.2, 0) is 17.9 Å². The minimum atomic E-state index is 0.0655. The Morgan fingerprint density at radius 1 is 1.56 bits per heavy atom. The van der Waals surface area contributed by atoms with Gasteiger partial charge in [0.2, 0.25) is 0 Å². The molecule has 1 aliphatic heterocycles. The number of nitrogens with zero attached hydrogens (tertiary/aromatic N) is 4. The highest BCUT2D eigenvalue weighted by molar-refractivity contribution is 5.57. The Bertz CT molecular complexity index is 350. The Hall–Kier alpha value is -1.23. The van der Waals surface area contributed by atoms with Gasteiger partial charge in [-0.25, -0.2) is 9.67 Å². The molecule has 0 spiro atoms. The molecule has 2 rings (SSSR count). The summed E-state index contributed by atoms with van der Waals surface area (Å²) in [5.74, 6) is 0.955. The van der Waals surface area contributed by atoms with Crippen molar-refractivity contribution in [3.05, 3.63) is 12.2 Å². The molecule has 1 aromatic heterocycles. The molecule has 1 aromatic rings. The number of aldehydes is 1. The van der Waals surface area contributed by atoms with Gasteiger partial charge in [0.25, 0.3) is 0 Å². The van der Waals surface area contributed by atoms with Crippen LogP contribution in [0.4, 0.5) is 0 Å². The maximum absolute atomic E-state index is 11.0. The quantitative estimate of drug-likeness (QED) is 0.709. The zero-order valence-corrected chi connectivity index (χ0v) is 9.67. The van der Waals surface area contributed by atoms with Gasteiger partial charge >= 0.3 is 0 Å². The molecule has 0 bridgehead atoms. The van der Waals surface area contributed by atoms with Crippen LogP contribution in [0.2, 0.25) is 0 Å². The Morgan fingerprint density at radius 2 is 2.44 bits per heavy atom. The molecule has 16 heavy (non-hydrogen) atoms. The van der Waals surface area contributed by atoms with Crippen molar-refractivity contribution in [3.63, 3.8) is 0 Å². The third-order valence-corrected chi connectivity index (χ3v) is 3.16. The van der Waals surface area contributed by atoms with Gasteiger partial charge in [0, 0.05) is 6.54 Å². The second kappa shape index (κ2) is 5.21. The van der Waals surface area contributed by atoms with E-state index in [0.717, 1.165) is 44.6 Å². The van der Waals surface area contributed by atoms with Crippen LogP contribution in [0, 0.1) is 0 Å². The first kappa shape index (κ1) is 11.3. The lowest BCUT2D eigenvalue weighted by Gasteiger charge is -2.31. The number of carbonyl (C=O) groups excluding carboxylic acids is 1. The summed E-state index contributed by atoms with van der Waals surface area (Å²) >= 11 is 0. The lowest BCUT2D eigenvalue weighted by atomic mass is 10.0. The predicted octanol–water partition coefficient (Wildman–Crippen LogP) is 0.851. The van der Waals surface area contributed by atoms with E-state index < -0.39 is 0 Å². The van der Waals surface area contributed by atoms with Gasteiger partial charge in [0.05, 0.1) is 12.6 Å². The molecule has 5 nitrogen and oxygen atoms in total. The molecule has 1 unspecified atom stereocenters. The molecule has 1 saturated heterocycles. The molecule has 0 aliphatic carbocycles. The zero-order chi connectivity index (χ0) is 11.4. The van der Waals surface area contributed by atoms with Gasteiger partial charge in [-0.3, -0.25) is 4.90 Å². The maximum atomic E-state index is 11.0. The number of hydrogen-bond acceptors (Lipinski definition) is 4. The Kier molecular flexibility index (Phi) is 3.66. The van der Waals surface area contributed by atoms with Gasteiger partial charge in [-0.2, -0.15) is 5.10 Å². The van der Waals surface area contributed by atoms with Crippen LogP contribution in [0.3, 0.4) is 0 Å². The van der Waals surface area contributed by atoms with Gasteiger partial charge in [-0.05, 0) is 26.3 Å². The number of hydrogen-bond donors (Lipinski definition) is 0. The lowest BCUT2D eigenvalue weighted by Crippen LogP contribution is -2.40. The molecule has 0 aromatic carbocycles. The van der Waals surface area contributed by atoms with Gasteiger partial charge in [-0.15, -0.1) is 0 Å². The lowest BCUT2D eigenvalue weighted by molar-refractivity contribution is -0.113. The summed E-state index contributed by atoms with van der Waals surface area (Å²) < 4.78 is 1.89. The molecule has 88 valence electrons. The molecule has 1 aliphatic rings. The smallest absolute Gasteiger partial charge is 0.141 e. The fourth-order valence-corrected chi connectivity index (χ4v) is 2.22. The second-order valence-electron chi connectivity index (χ2n) is 4.16. The first-order valence-corrected chi connectivity index (χ1v) is 5.91. The largest absolute Gasteiger partial charge is 0.302 e. The van der Waals surface area contributed by atoms with Crippen LogP contribution in [-0.4, -0.2) is 38.5 Å². The van der Waals surface area contributed by atoms with Gasteiger partial charge < -0.3 is 4.79 Å². The van der Waals surface area contributed by atoms with Crippen LogP contribution in [0.1, 0.15) is 32.0 Å². The molecular weight excluding hydrogens is 204 g/mol. The maximum Gasteiger partial charge on any atom is 0.141 e. The topological polar surface area (TPSA) is 51.0 Å². The first-order valence-electron chi connectivity index (χ1n) is 5.91. The average Bonchev–Trinajstić information content (AvgIpc) is 2.77. The van der Waals surface area contributed by atoms with Crippen molar-refractivity contribution >= 4 is 6.29 Å². The number of piperidine rings is 1. The van der Waals surface area contributed by atoms with Crippen molar-refractivity contribution in [1.82, 2.24) is 19.7 Å². The molecule has 0 radical (unpaired) electrons. The summed E-state index contributed by atoms with van der Waals surface area (Å²) in [4.78, 5) is 17.4. The van der Waals surface area contributed by atoms with Crippen molar-refractivity contribution in [3.8, 4) is 0 Å². The summed E-state index contributed by atoms with van der Waals surface area (Å²) in [6.45, 7) is 4.59. The normalized spacial score (nSPS) is 22.2. The Labute approximate surface area is 95.5 Å². The van der Waals surface area contributed by atoms with Crippen molar-refractivity contribution in [2.75, 3.05) is 6.54 Å². The van der Waals surface area contributed by atoms with Gasteiger partial charge in [-0.1, -0.05) is 6.42 Å². The highest BCUT2D eigenvalue weighted by Gasteiger charge is 2.23. The van der Waals surface area contributed by atoms with E-state index in [-0.39, 0.29) is 6.04 Å². The molecular formula is C11H18N4O. The predicted molar refractivity (Wildman–Crippen MR) is 59.8 cm³/mol. The third-order valence-electron chi connectivity index (χ3n) is 3.16. The van der Waals surface area contributed by atoms with E-state index in [9.17, 15) is 4.79 Å². The van der Waals surface area contributed by atoms with E-state index in [4.69, 9.17) is 0 Å². The fraction of sp³-hybridized carbons (Fsp3) is 0.727. The highest BCUT2D eigenvalue weighted by atomic mass is 16.1. The van der Waals surface area contributed by atoms with Gasteiger partial charge in [0.1, 0.15) is 18.4 Å². The van der Waals surface area contributed by atoms with Crippen molar-refractivity contribution in [2.24, 2.45) is 0 Å². The van der Waals surface area contributed by atoms with E-state index in [1.54, 1.807) is 6.33 Å². The van der Waals surface area contributed by atoms with E-state index >= 15 is 0 Å². The Morgan fingerprint density at radius 3 is 3.19 bits per heavy atom. The summed E-state index contributed by atoms with van der Waals surface area (Å²) in [6.07, 6.45) is 5.94. The number of likely N-dealkylation sites (tertiary alicyclic amines) is 1. The zero-order valence-electron chi connectivity index (χ0n) is 9.67. The summed E-state index contributed by atoms with van der Waals surface area (Å²) in [5, 5.41) is 4.14.